The summed E-state index contributed by atoms with van der Waals surface area (Å²) in [6, 6.07) is 4.82. The first-order valence-corrected chi connectivity index (χ1v) is 5.90. The van der Waals surface area contributed by atoms with Crippen LogP contribution in [0.25, 0.3) is 5.69 Å². The van der Waals surface area contributed by atoms with Gasteiger partial charge in [0.1, 0.15) is 11.6 Å². The van der Waals surface area contributed by atoms with Crippen molar-refractivity contribution in [2.24, 2.45) is 0 Å². The zero-order chi connectivity index (χ0) is 14.2. The molecule has 0 saturated heterocycles. The number of methoxy groups -OCH3 is 1. The van der Waals surface area contributed by atoms with E-state index in [4.69, 9.17) is 9.84 Å². The summed E-state index contributed by atoms with van der Waals surface area (Å²) in [4.78, 5) is 15.4. The largest absolute Gasteiger partial charge is 0.495 e. The molecule has 0 unspecified atom stereocenters. The Morgan fingerprint density at radius 2 is 2.00 bits per heavy atom. The van der Waals surface area contributed by atoms with Crippen LogP contribution in [0.4, 0.5) is 0 Å². The van der Waals surface area contributed by atoms with E-state index < -0.39 is 5.97 Å². The van der Waals surface area contributed by atoms with Gasteiger partial charge in [0.2, 0.25) is 0 Å². The minimum absolute atomic E-state index is 0.202. The Morgan fingerprint density at radius 3 is 2.47 bits per heavy atom. The van der Waals surface area contributed by atoms with Gasteiger partial charge in [-0.2, -0.15) is 0 Å². The third-order valence-electron chi connectivity index (χ3n) is 3.18. The Bertz CT molecular complexity index is 644. The fourth-order valence-electron chi connectivity index (χ4n) is 2.13. The number of hydrogen-bond acceptors (Lipinski definition) is 3. The first-order valence-electron chi connectivity index (χ1n) is 5.90. The van der Waals surface area contributed by atoms with Crippen molar-refractivity contribution < 1.29 is 14.6 Å². The number of nitrogens with zero attached hydrogens (tertiary/aromatic N) is 2. The summed E-state index contributed by atoms with van der Waals surface area (Å²) in [7, 11) is 1.53. The first kappa shape index (κ1) is 13.1. The number of carboxylic acid groups (broad SMARTS) is 1. The van der Waals surface area contributed by atoms with E-state index in [2.05, 4.69) is 4.98 Å². The van der Waals surface area contributed by atoms with Crippen LogP contribution in [-0.2, 0) is 0 Å². The van der Waals surface area contributed by atoms with Crippen LogP contribution in [0.5, 0.6) is 5.75 Å². The molecule has 0 bridgehead atoms. The van der Waals surface area contributed by atoms with E-state index in [9.17, 15) is 4.79 Å². The molecule has 2 aromatic rings. The van der Waals surface area contributed by atoms with Gasteiger partial charge in [0.15, 0.2) is 0 Å². The van der Waals surface area contributed by atoms with Crippen molar-refractivity contribution in [3.8, 4) is 11.4 Å². The van der Waals surface area contributed by atoms with Crippen LogP contribution in [0.3, 0.4) is 0 Å². The van der Waals surface area contributed by atoms with E-state index in [1.54, 1.807) is 12.1 Å². The molecule has 1 N–H and O–H groups in total. The van der Waals surface area contributed by atoms with Crippen LogP contribution >= 0.6 is 0 Å². The molecule has 100 valence electrons. The van der Waals surface area contributed by atoms with Crippen molar-refractivity contribution in [2.45, 2.75) is 20.8 Å². The third kappa shape index (κ3) is 2.19. The number of aromatic carboxylic acids is 1. The molecule has 0 atom stereocenters. The lowest BCUT2D eigenvalue weighted by atomic mass is 10.2. The smallest absolute Gasteiger partial charge is 0.335 e. The molecule has 0 aliphatic heterocycles. The molecule has 1 aromatic carbocycles. The standard InChI is InChI=1S/C14H16N2O3/c1-8-9(2)16(10(3)15-8)12-6-5-11(14(17)18)7-13(12)19-4/h5-7H,1-4H3,(H,17,18). The Labute approximate surface area is 111 Å². The van der Waals surface area contributed by atoms with Crippen LogP contribution in [0.2, 0.25) is 0 Å². The lowest BCUT2D eigenvalue weighted by Gasteiger charge is -2.13. The highest BCUT2D eigenvalue weighted by Gasteiger charge is 2.15. The molecule has 0 amide bonds. The molecular weight excluding hydrogens is 244 g/mol. The average molecular weight is 260 g/mol. The van der Waals surface area contributed by atoms with Crippen molar-refractivity contribution >= 4 is 5.97 Å². The topological polar surface area (TPSA) is 64.3 Å². The molecule has 0 saturated carbocycles. The molecular formula is C14H16N2O3. The molecule has 2 rings (SSSR count). The highest BCUT2D eigenvalue weighted by atomic mass is 16.5. The average Bonchev–Trinajstić information content (AvgIpc) is 2.62. The van der Waals surface area contributed by atoms with Gasteiger partial charge < -0.3 is 9.84 Å². The number of aromatic nitrogens is 2. The van der Waals surface area contributed by atoms with Gasteiger partial charge in [0.25, 0.3) is 0 Å². The van der Waals surface area contributed by atoms with E-state index in [1.165, 1.54) is 13.2 Å². The van der Waals surface area contributed by atoms with Gasteiger partial charge in [-0.3, -0.25) is 4.57 Å². The summed E-state index contributed by atoms with van der Waals surface area (Å²) in [5.74, 6) is 0.389. The second kappa shape index (κ2) is 4.76. The summed E-state index contributed by atoms with van der Waals surface area (Å²) in [6.45, 7) is 5.82. The van der Waals surface area contributed by atoms with E-state index in [1.807, 2.05) is 25.3 Å². The molecule has 0 fully saturated rings. The zero-order valence-corrected chi connectivity index (χ0v) is 11.4. The van der Waals surface area contributed by atoms with Crippen LogP contribution in [-0.4, -0.2) is 27.7 Å². The van der Waals surface area contributed by atoms with Gasteiger partial charge in [-0.15, -0.1) is 0 Å². The van der Waals surface area contributed by atoms with Gasteiger partial charge in [-0.05, 0) is 39.0 Å². The number of carbonyl (C=O) groups is 1. The molecule has 1 heterocycles. The van der Waals surface area contributed by atoms with Crippen LogP contribution in [0, 0.1) is 20.8 Å². The molecule has 5 nitrogen and oxygen atoms in total. The summed E-state index contributed by atoms with van der Waals surface area (Å²) in [6.07, 6.45) is 0. The predicted molar refractivity (Wildman–Crippen MR) is 71.3 cm³/mol. The molecule has 1 aromatic heterocycles. The molecule has 0 aliphatic carbocycles. The Balaban J connectivity index is 2.65. The van der Waals surface area contributed by atoms with Crippen LogP contribution in [0.15, 0.2) is 18.2 Å². The first-order chi connectivity index (χ1) is 8.95. The Morgan fingerprint density at radius 1 is 1.32 bits per heavy atom. The number of hydrogen-bond donors (Lipinski definition) is 1. The summed E-state index contributed by atoms with van der Waals surface area (Å²) in [5.41, 5.74) is 2.96. The van der Waals surface area contributed by atoms with E-state index >= 15 is 0 Å². The summed E-state index contributed by atoms with van der Waals surface area (Å²) < 4.78 is 7.26. The van der Waals surface area contributed by atoms with Gasteiger partial charge in [0, 0.05) is 5.69 Å². The van der Waals surface area contributed by atoms with Gasteiger partial charge in [-0.1, -0.05) is 0 Å². The molecule has 19 heavy (non-hydrogen) atoms. The van der Waals surface area contributed by atoms with Crippen LogP contribution < -0.4 is 4.74 Å². The SMILES string of the molecule is COc1cc(C(=O)O)ccc1-n1c(C)nc(C)c1C. The van der Waals surface area contributed by atoms with Crippen molar-refractivity contribution in [3.63, 3.8) is 0 Å². The molecule has 0 radical (unpaired) electrons. The minimum atomic E-state index is -0.972. The highest BCUT2D eigenvalue weighted by Crippen LogP contribution is 2.27. The maximum absolute atomic E-state index is 11.0. The summed E-state index contributed by atoms with van der Waals surface area (Å²) in [5, 5.41) is 9.00. The number of imidazole rings is 1. The van der Waals surface area contributed by atoms with E-state index in [-0.39, 0.29) is 5.56 Å². The maximum Gasteiger partial charge on any atom is 0.335 e. The number of aryl methyl sites for hydroxylation is 2. The second-order valence-corrected chi connectivity index (χ2v) is 4.36. The number of benzene rings is 1. The number of rotatable bonds is 3. The van der Waals surface area contributed by atoms with Gasteiger partial charge in [-0.25, -0.2) is 9.78 Å². The van der Waals surface area contributed by atoms with Crippen molar-refractivity contribution in [1.82, 2.24) is 9.55 Å². The monoisotopic (exact) mass is 260 g/mol. The third-order valence-corrected chi connectivity index (χ3v) is 3.18. The van der Waals surface area contributed by atoms with Crippen molar-refractivity contribution in [1.29, 1.82) is 0 Å². The number of carboxylic acids is 1. The molecule has 0 aliphatic rings. The lowest BCUT2D eigenvalue weighted by Crippen LogP contribution is -2.04. The number of ether oxygens (including phenoxy) is 1. The van der Waals surface area contributed by atoms with Crippen molar-refractivity contribution in [3.05, 3.63) is 41.0 Å². The Kier molecular flexibility index (Phi) is 3.29. The lowest BCUT2D eigenvalue weighted by molar-refractivity contribution is 0.0696. The second-order valence-electron chi connectivity index (χ2n) is 4.36. The van der Waals surface area contributed by atoms with E-state index in [0.29, 0.717) is 5.75 Å². The fraction of sp³-hybridized carbons (Fsp3) is 0.286. The predicted octanol–water partition coefficient (Wildman–Crippen LogP) is 2.50. The maximum atomic E-state index is 11.0. The van der Waals surface area contributed by atoms with Crippen molar-refractivity contribution in [2.75, 3.05) is 7.11 Å². The van der Waals surface area contributed by atoms with Crippen LogP contribution in [0.1, 0.15) is 27.6 Å². The quantitative estimate of drug-likeness (QED) is 0.920. The normalized spacial score (nSPS) is 10.5. The minimum Gasteiger partial charge on any atom is -0.495 e. The molecule has 0 spiro atoms. The zero-order valence-electron chi connectivity index (χ0n) is 11.4. The Hall–Kier alpha value is -2.30. The van der Waals surface area contributed by atoms with Gasteiger partial charge >= 0.3 is 5.97 Å². The van der Waals surface area contributed by atoms with Gasteiger partial charge in [0.05, 0.1) is 24.1 Å². The summed E-state index contributed by atoms with van der Waals surface area (Å²) >= 11 is 0. The highest BCUT2D eigenvalue weighted by molar-refractivity contribution is 5.88. The van der Waals surface area contributed by atoms with E-state index in [0.717, 1.165) is 22.9 Å². The fourth-order valence-corrected chi connectivity index (χ4v) is 2.13. The molecule has 5 heteroatoms.